The molecule has 1 fully saturated rings. The van der Waals surface area contributed by atoms with Crippen molar-refractivity contribution in [2.75, 3.05) is 29.1 Å². The molecule has 2 aromatic rings. The summed E-state index contributed by atoms with van der Waals surface area (Å²) in [5.41, 5.74) is 4.11. The maximum atomic E-state index is 6.48. The van der Waals surface area contributed by atoms with Crippen LogP contribution in [-0.2, 0) is 5.41 Å². The van der Waals surface area contributed by atoms with Gasteiger partial charge in [0.1, 0.15) is 0 Å². The van der Waals surface area contributed by atoms with Gasteiger partial charge in [-0.25, -0.2) is 0 Å². The average Bonchev–Trinajstić information content (AvgIpc) is 2.73. The monoisotopic (exact) mass is 502 g/mol. The second kappa shape index (κ2) is 8.61. The van der Waals surface area contributed by atoms with E-state index in [1.54, 1.807) is 28.6 Å². The number of piperidine rings is 1. The molecule has 1 saturated heterocycles. The fraction of sp³-hybridized carbons (Fsp3) is 0.391. The average molecular weight is 503 g/mol. The third kappa shape index (κ3) is 4.17. The molecule has 2 unspecified atom stereocenters. The minimum atomic E-state index is 0.137. The first-order valence-corrected chi connectivity index (χ1v) is 13.0. The van der Waals surface area contributed by atoms with Crippen molar-refractivity contribution in [2.45, 2.75) is 38.6 Å². The Morgan fingerprint density at radius 3 is 2.53 bits per heavy atom. The molecule has 30 heavy (non-hydrogen) atoms. The van der Waals surface area contributed by atoms with E-state index in [9.17, 15) is 0 Å². The number of aromatic nitrogens is 1. The van der Waals surface area contributed by atoms with E-state index in [-0.39, 0.29) is 11.5 Å². The standard InChI is InChI=1S/C23H28AsClN4S/c1-23(2,3)15-7-9-16(10-8-15)29-19-14-28(21-18(25)6-5-12-26-21)13-11-17(19)20(24)27-22(29)30-4/h5-10,12,19H,11,13-14,24H2,1-4H3. The summed E-state index contributed by atoms with van der Waals surface area (Å²) in [6.07, 6.45) is 4.91. The number of thioether (sulfide) groups is 1. The SMILES string of the molecule is CSC1=NC([AsH2])=C2CCN(c3ncccc3Cl)CC2N1c1ccc(C(C)(C)C)cc1. The molecule has 1 aromatic heterocycles. The van der Waals surface area contributed by atoms with Crippen LogP contribution in [0.15, 0.2) is 57.6 Å². The normalized spacial score (nSPS) is 19.7. The Labute approximate surface area is 197 Å². The van der Waals surface area contributed by atoms with E-state index in [0.717, 1.165) is 30.5 Å². The molecule has 0 aliphatic carbocycles. The summed E-state index contributed by atoms with van der Waals surface area (Å²) >= 11 is 9.80. The van der Waals surface area contributed by atoms with Crippen LogP contribution in [-0.4, -0.2) is 52.4 Å². The Bertz CT molecular complexity index is 997. The molecule has 2 atom stereocenters. The van der Waals surface area contributed by atoms with Crippen LogP contribution in [0.25, 0.3) is 0 Å². The van der Waals surface area contributed by atoms with E-state index in [0.29, 0.717) is 5.02 Å². The van der Waals surface area contributed by atoms with Gasteiger partial charge < -0.3 is 0 Å². The van der Waals surface area contributed by atoms with E-state index < -0.39 is 0 Å². The number of hydrogen-bond acceptors (Lipinski definition) is 5. The number of halogens is 1. The Kier molecular flexibility index (Phi) is 6.25. The molecular formula is C23H28AsClN4S. The molecule has 2 aliphatic rings. The Morgan fingerprint density at radius 2 is 1.90 bits per heavy atom. The number of rotatable bonds is 2. The number of fused-ring (bicyclic) bond motifs is 1. The summed E-state index contributed by atoms with van der Waals surface area (Å²) in [6.45, 7) is 8.51. The van der Waals surface area contributed by atoms with Crippen molar-refractivity contribution in [1.29, 1.82) is 0 Å². The van der Waals surface area contributed by atoms with Crippen LogP contribution >= 0.6 is 23.4 Å². The van der Waals surface area contributed by atoms with E-state index in [4.69, 9.17) is 16.6 Å². The van der Waals surface area contributed by atoms with Gasteiger partial charge in [0.2, 0.25) is 0 Å². The number of pyridine rings is 1. The zero-order valence-corrected chi connectivity index (χ0v) is 21.9. The Hall–Kier alpha value is -1.42. The van der Waals surface area contributed by atoms with Gasteiger partial charge in [-0.2, -0.15) is 0 Å². The van der Waals surface area contributed by atoms with Crippen molar-refractivity contribution in [3.8, 4) is 0 Å². The molecule has 4 rings (SSSR count). The van der Waals surface area contributed by atoms with E-state index in [2.05, 4.69) is 66.1 Å². The molecule has 0 saturated carbocycles. The van der Waals surface area contributed by atoms with Crippen LogP contribution < -0.4 is 9.80 Å². The number of nitrogens with zero attached hydrogens (tertiary/aromatic N) is 4. The quantitative estimate of drug-likeness (QED) is 0.557. The molecular weight excluding hydrogens is 475 g/mol. The fourth-order valence-corrected chi connectivity index (χ4v) is 6.11. The number of aliphatic imine (C=N–C) groups is 1. The van der Waals surface area contributed by atoms with Gasteiger partial charge in [0.05, 0.1) is 0 Å². The predicted octanol–water partition coefficient (Wildman–Crippen LogP) is 4.70. The van der Waals surface area contributed by atoms with Crippen molar-refractivity contribution in [3.63, 3.8) is 0 Å². The first kappa shape index (κ1) is 21.8. The van der Waals surface area contributed by atoms with Gasteiger partial charge in [0.15, 0.2) is 0 Å². The number of anilines is 2. The first-order valence-electron chi connectivity index (χ1n) is 10.2. The molecule has 1 aromatic carbocycles. The third-order valence-corrected chi connectivity index (χ3v) is 7.74. The molecule has 0 amide bonds. The van der Waals surface area contributed by atoms with Crippen LogP contribution in [0.2, 0.25) is 5.02 Å². The summed E-state index contributed by atoms with van der Waals surface area (Å²) in [6, 6.07) is 13.0. The summed E-state index contributed by atoms with van der Waals surface area (Å²) in [7, 11) is 0. The third-order valence-electron chi connectivity index (χ3n) is 5.74. The topological polar surface area (TPSA) is 31.7 Å². The molecule has 0 bridgehead atoms. The van der Waals surface area contributed by atoms with Gasteiger partial charge >= 0.3 is 198 Å². The fourth-order valence-electron chi connectivity index (χ4n) is 4.09. The molecule has 0 spiro atoms. The van der Waals surface area contributed by atoms with Crippen LogP contribution in [0.1, 0.15) is 32.8 Å². The molecule has 158 valence electrons. The minimum absolute atomic E-state index is 0.137. The van der Waals surface area contributed by atoms with Crippen LogP contribution in [0.4, 0.5) is 11.5 Å². The van der Waals surface area contributed by atoms with Crippen molar-refractivity contribution in [2.24, 2.45) is 4.99 Å². The summed E-state index contributed by atoms with van der Waals surface area (Å²) in [5.74, 6) is 0.873. The van der Waals surface area contributed by atoms with E-state index in [1.807, 2.05) is 18.3 Å². The van der Waals surface area contributed by atoms with Crippen molar-refractivity contribution in [1.82, 2.24) is 4.98 Å². The predicted molar refractivity (Wildman–Crippen MR) is 134 cm³/mol. The molecule has 0 radical (unpaired) electrons. The van der Waals surface area contributed by atoms with E-state index in [1.165, 1.54) is 21.3 Å². The molecule has 0 N–H and O–H groups in total. The van der Waals surface area contributed by atoms with Crippen molar-refractivity contribution >= 4 is 56.9 Å². The van der Waals surface area contributed by atoms with Gasteiger partial charge in [0, 0.05) is 0 Å². The first-order chi connectivity index (χ1) is 14.3. The van der Waals surface area contributed by atoms with Crippen LogP contribution in [0, 0.1) is 0 Å². The second-order valence-electron chi connectivity index (χ2n) is 8.70. The van der Waals surface area contributed by atoms with E-state index >= 15 is 0 Å². The zero-order valence-electron chi connectivity index (χ0n) is 17.9. The number of amidine groups is 1. The van der Waals surface area contributed by atoms with Crippen molar-refractivity contribution < 1.29 is 0 Å². The summed E-state index contributed by atoms with van der Waals surface area (Å²) in [4.78, 5) is 14.3. The Balaban J connectivity index is 1.71. The van der Waals surface area contributed by atoms with Gasteiger partial charge in [-0.05, 0) is 0 Å². The van der Waals surface area contributed by atoms with Gasteiger partial charge in [-0.15, -0.1) is 0 Å². The number of hydrogen-bond donors (Lipinski definition) is 0. The molecule has 7 heteroatoms. The van der Waals surface area contributed by atoms with Crippen LogP contribution in [0.5, 0.6) is 0 Å². The maximum absolute atomic E-state index is 6.48. The van der Waals surface area contributed by atoms with Gasteiger partial charge in [-0.1, -0.05) is 0 Å². The molecule has 2 aliphatic heterocycles. The Morgan fingerprint density at radius 1 is 1.17 bits per heavy atom. The number of benzene rings is 1. The summed E-state index contributed by atoms with van der Waals surface area (Å²) < 4.78 is 1.21. The van der Waals surface area contributed by atoms with Crippen LogP contribution in [0.3, 0.4) is 0 Å². The summed E-state index contributed by atoms with van der Waals surface area (Å²) in [5, 5.41) is 1.77. The second-order valence-corrected chi connectivity index (χ2v) is 11.0. The zero-order chi connectivity index (χ0) is 21.5. The van der Waals surface area contributed by atoms with Gasteiger partial charge in [-0.3, -0.25) is 0 Å². The molecule has 4 nitrogen and oxygen atoms in total. The van der Waals surface area contributed by atoms with Crippen molar-refractivity contribution in [3.05, 3.63) is 63.2 Å². The van der Waals surface area contributed by atoms with Gasteiger partial charge in [0.25, 0.3) is 0 Å². The molecule has 3 heterocycles.